The zero-order chi connectivity index (χ0) is 8.27. The molecule has 0 aliphatic carbocycles. The Balaban J connectivity index is 3.02. The molecule has 1 rings (SSSR count). The SMILES string of the molecule is CSc1cc(C)cc(SC)c1. The first-order valence-electron chi connectivity index (χ1n) is 3.46. The Morgan fingerprint density at radius 2 is 1.36 bits per heavy atom. The van der Waals surface area contributed by atoms with Crippen LogP contribution in [0, 0.1) is 6.92 Å². The predicted molar refractivity (Wildman–Crippen MR) is 54.7 cm³/mol. The van der Waals surface area contributed by atoms with Gasteiger partial charge in [0.05, 0.1) is 0 Å². The third kappa shape index (κ3) is 2.46. The van der Waals surface area contributed by atoms with Gasteiger partial charge in [-0.3, -0.25) is 0 Å². The van der Waals surface area contributed by atoms with Crippen LogP contribution in [-0.4, -0.2) is 12.5 Å². The van der Waals surface area contributed by atoms with Crippen LogP contribution in [-0.2, 0) is 0 Å². The Labute approximate surface area is 76.8 Å². The molecular weight excluding hydrogens is 172 g/mol. The van der Waals surface area contributed by atoms with Crippen molar-refractivity contribution < 1.29 is 0 Å². The fourth-order valence-corrected chi connectivity index (χ4v) is 2.12. The maximum Gasteiger partial charge on any atom is 0.00828 e. The lowest BCUT2D eigenvalue weighted by molar-refractivity contribution is 1.27. The topological polar surface area (TPSA) is 0 Å². The van der Waals surface area contributed by atoms with Crippen LogP contribution in [0.3, 0.4) is 0 Å². The van der Waals surface area contributed by atoms with Gasteiger partial charge in [-0.25, -0.2) is 0 Å². The fourth-order valence-electron chi connectivity index (χ4n) is 0.950. The van der Waals surface area contributed by atoms with Crippen LogP contribution in [0.5, 0.6) is 0 Å². The van der Waals surface area contributed by atoms with Gasteiger partial charge in [-0.05, 0) is 43.2 Å². The van der Waals surface area contributed by atoms with Crippen molar-refractivity contribution in [2.45, 2.75) is 16.7 Å². The molecular formula is C9H12S2. The number of hydrogen-bond acceptors (Lipinski definition) is 2. The Kier molecular flexibility index (Phi) is 3.34. The summed E-state index contributed by atoms with van der Waals surface area (Å²) in [5.74, 6) is 0. The minimum Gasteiger partial charge on any atom is -0.130 e. The van der Waals surface area contributed by atoms with Gasteiger partial charge < -0.3 is 0 Å². The second kappa shape index (κ2) is 4.07. The van der Waals surface area contributed by atoms with E-state index >= 15 is 0 Å². The summed E-state index contributed by atoms with van der Waals surface area (Å²) in [7, 11) is 0. The standard InChI is InChI=1S/C9H12S2/c1-7-4-8(10-2)6-9(5-7)11-3/h4-6H,1-3H3. The number of rotatable bonds is 2. The fraction of sp³-hybridized carbons (Fsp3) is 0.333. The molecule has 1 aromatic rings. The predicted octanol–water partition coefficient (Wildman–Crippen LogP) is 3.44. The highest BCUT2D eigenvalue weighted by Gasteiger charge is 1.95. The quantitative estimate of drug-likeness (QED) is 0.646. The summed E-state index contributed by atoms with van der Waals surface area (Å²) in [4.78, 5) is 2.71. The van der Waals surface area contributed by atoms with E-state index in [0.29, 0.717) is 0 Å². The molecule has 0 saturated carbocycles. The second-order valence-electron chi connectivity index (χ2n) is 2.39. The molecule has 0 radical (unpaired) electrons. The molecule has 0 aromatic heterocycles. The van der Waals surface area contributed by atoms with Crippen molar-refractivity contribution in [1.82, 2.24) is 0 Å². The molecule has 0 aliphatic heterocycles. The first-order chi connectivity index (χ1) is 5.26. The van der Waals surface area contributed by atoms with Crippen LogP contribution in [0.2, 0.25) is 0 Å². The van der Waals surface area contributed by atoms with Crippen molar-refractivity contribution in [3.05, 3.63) is 23.8 Å². The summed E-state index contributed by atoms with van der Waals surface area (Å²) in [6.45, 7) is 2.14. The Hall–Kier alpha value is -0.0800. The van der Waals surface area contributed by atoms with E-state index < -0.39 is 0 Å². The molecule has 0 saturated heterocycles. The molecule has 0 N–H and O–H groups in total. The molecule has 11 heavy (non-hydrogen) atoms. The van der Waals surface area contributed by atoms with E-state index in [1.807, 2.05) is 0 Å². The Morgan fingerprint density at radius 3 is 1.73 bits per heavy atom. The molecule has 2 heteroatoms. The molecule has 0 unspecified atom stereocenters. The van der Waals surface area contributed by atoms with Gasteiger partial charge in [-0.2, -0.15) is 0 Å². The monoisotopic (exact) mass is 184 g/mol. The van der Waals surface area contributed by atoms with E-state index in [9.17, 15) is 0 Å². The van der Waals surface area contributed by atoms with Crippen molar-refractivity contribution in [2.75, 3.05) is 12.5 Å². The number of aryl methyl sites for hydroxylation is 1. The van der Waals surface area contributed by atoms with Gasteiger partial charge in [-0.1, -0.05) is 0 Å². The lowest BCUT2D eigenvalue weighted by Gasteiger charge is -2.01. The van der Waals surface area contributed by atoms with Gasteiger partial charge in [0, 0.05) is 9.79 Å². The van der Waals surface area contributed by atoms with Crippen LogP contribution < -0.4 is 0 Å². The third-order valence-corrected chi connectivity index (χ3v) is 2.91. The third-order valence-electron chi connectivity index (χ3n) is 1.50. The molecule has 0 atom stereocenters. The summed E-state index contributed by atoms with van der Waals surface area (Å²) in [6.07, 6.45) is 4.22. The molecule has 0 fully saturated rings. The lowest BCUT2D eigenvalue weighted by Crippen LogP contribution is -1.77. The van der Waals surface area contributed by atoms with Crippen molar-refractivity contribution in [3.8, 4) is 0 Å². The summed E-state index contributed by atoms with van der Waals surface area (Å²) >= 11 is 3.60. The van der Waals surface area contributed by atoms with E-state index in [4.69, 9.17) is 0 Å². The van der Waals surface area contributed by atoms with Crippen LogP contribution >= 0.6 is 23.5 Å². The van der Waals surface area contributed by atoms with E-state index in [1.165, 1.54) is 15.4 Å². The highest BCUT2D eigenvalue weighted by atomic mass is 32.2. The number of thioether (sulfide) groups is 2. The van der Waals surface area contributed by atoms with Crippen LogP contribution in [0.1, 0.15) is 5.56 Å². The molecule has 0 aliphatic rings. The number of hydrogen-bond donors (Lipinski definition) is 0. The zero-order valence-electron chi connectivity index (χ0n) is 7.05. The summed E-state index contributed by atoms with van der Waals surface area (Å²) in [5, 5.41) is 0. The average molecular weight is 184 g/mol. The Bertz CT molecular complexity index is 221. The van der Waals surface area contributed by atoms with Gasteiger partial charge in [0.1, 0.15) is 0 Å². The lowest BCUT2D eigenvalue weighted by atomic mass is 10.2. The molecule has 0 nitrogen and oxygen atoms in total. The summed E-state index contributed by atoms with van der Waals surface area (Å²) < 4.78 is 0. The molecule has 0 amide bonds. The van der Waals surface area contributed by atoms with Gasteiger partial charge in [0.15, 0.2) is 0 Å². The van der Waals surface area contributed by atoms with Crippen molar-refractivity contribution >= 4 is 23.5 Å². The molecule has 1 aromatic carbocycles. The van der Waals surface area contributed by atoms with Crippen LogP contribution in [0.15, 0.2) is 28.0 Å². The first kappa shape index (κ1) is 9.01. The van der Waals surface area contributed by atoms with Gasteiger partial charge in [0.25, 0.3) is 0 Å². The van der Waals surface area contributed by atoms with E-state index in [0.717, 1.165) is 0 Å². The summed E-state index contributed by atoms with van der Waals surface area (Å²) in [5.41, 5.74) is 1.35. The largest absolute Gasteiger partial charge is 0.130 e. The molecule has 0 bridgehead atoms. The smallest absolute Gasteiger partial charge is 0.00828 e. The normalized spacial score (nSPS) is 10.1. The minimum atomic E-state index is 1.35. The van der Waals surface area contributed by atoms with Crippen LogP contribution in [0.4, 0.5) is 0 Å². The van der Waals surface area contributed by atoms with E-state index in [1.54, 1.807) is 23.5 Å². The molecule has 0 spiro atoms. The maximum absolute atomic E-state index is 2.22. The minimum absolute atomic E-state index is 1.35. The van der Waals surface area contributed by atoms with Gasteiger partial charge >= 0.3 is 0 Å². The maximum atomic E-state index is 2.22. The summed E-state index contributed by atoms with van der Waals surface area (Å²) in [6, 6.07) is 6.65. The highest BCUT2D eigenvalue weighted by molar-refractivity contribution is 7.99. The number of benzene rings is 1. The molecule has 60 valence electrons. The van der Waals surface area contributed by atoms with Gasteiger partial charge in [0.2, 0.25) is 0 Å². The van der Waals surface area contributed by atoms with E-state index in [-0.39, 0.29) is 0 Å². The van der Waals surface area contributed by atoms with E-state index in [2.05, 4.69) is 37.6 Å². The zero-order valence-corrected chi connectivity index (χ0v) is 8.68. The van der Waals surface area contributed by atoms with Gasteiger partial charge in [-0.15, -0.1) is 23.5 Å². The van der Waals surface area contributed by atoms with Crippen molar-refractivity contribution in [3.63, 3.8) is 0 Å². The highest BCUT2D eigenvalue weighted by Crippen LogP contribution is 2.23. The van der Waals surface area contributed by atoms with Crippen molar-refractivity contribution in [2.24, 2.45) is 0 Å². The Morgan fingerprint density at radius 1 is 0.909 bits per heavy atom. The average Bonchev–Trinajstić information content (AvgIpc) is 2.03. The molecule has 0 heterocycles. The van der Waals surface area contributed by atoms with Crippen molar-refractivity contribution in [1.29, 1.82) is 0 Å². The second-order valence-corrected chi connectivity index (χ2v) is 4.15. The first-order valence-corrected chi connectivity index (χ1v) is 5.91. The van der Waals surface area contributed by atoms with Crippen LogP contribution in [0.25, 0.3) is 0 Å².